The molecule has 8 heteroatoms. The van der Waals surface area contributed by atoms with Crippen LogP contribution < -0.4 is 5.32 Å². The molecule has 118 valence electrons. The van der Waals surface area contributed by atoms with Gasteiger partial charge in [0, 0.05) is 19.7 Å². The molecule has 1 unspecified atom stereocenters. The number of aromatic nitrogens is 4. The number of ether oxygens (including phenoxy) is 1. The fraction of sp³-hybridized carbons (Fsp3) is 0.429. The van der Waals surface area contributed by atoms with Gasteiger partial charge in [-0.3, -0.25) is 14.9 Å². The molecule has 7 nitrogen and oxygen atoms in total. The van der Waals surface area contributed by atoms with Crippen molar-refractivity contribution in [1.82, 2.24) is 25.5 Å². The molecule has 2 N–H and O–H groups in total. The second kappa shape index (κ2) is 8.50. The minimum Gasteiger partial charge on any atom is -0.382 e. The topological polar surface area (TPSA) is 92.8 Å². The third-order valence-corrected chi connectivity index (χ3v) is 3.74. The fourth-order valence-electron chi connectivity index (χ4n) is 1.82. The number of aryl methyl sites for hydroxylation is 1. The van der Waals surface area contributed by atoms with Crippen molar-refractivity contribution in [2.24, 2.45) is 0 Å². The van der Waals surface area contributed by atoms with E-state index in [2.05, 4.69) is 25.5 Å². The van der Waals surface area contributed by atoms with E-state index in [4.69, 9.17) is 4.74 Å². The average molecular weight is 321 g/mol. The van der Waals surface area contributed by atoms with E-state index in [0.29, 0.717) is 11.8 Å². The number of thioether (sulfide) groups is 1. The number of aromatic amines is 1. The minimum absolute atomic E-state index is 0.111. The van der Waals surface area contributed by atoms with Gasteiger partial charge in [-0.05, 0) is 12.1 Å². The number of nitrogens with zero attached hydrogens (tertiary/aromatic N) is 3. The van der Waals surface area contributed by atoms with E-state index < -0.39 is 0 Å². The van der Waals surface area contributed by atoms with Crippen LogP contribution in [0.3, 0.4) is 0 Å². The first-order valence-electron chi connectivity index (χ1n) is 6.96. The number of pyridine rings is 1. The van der Waals surface area contributed by atoms with E-state index in [-0.39, 0.29) is 17.7 Å². The summed E-state index contributed by atoms with van der Waals surface area (Å²) in [6, 6.07) is 5.31. The van der Waals surface area contributed by atoms with Gasteiger partial charge in [0.15, 0.2) is 0 Å². The van der Waals surface area contributed by atoms with Gasteiger partial charge in [0.2, 0.25) is 11.1 Å². The lowest BCUT2D eigenvalue weighted by atomic mass is 10.2. The molecule has 2 heterocycles. The van der Waals surface area contributed by atoms with Crippen LogP contribution in [-0.4, -0.2) is 45.5 Å². The molecule has 2 aromatic rings. The van der Waals surface area contributed by atoms with Gasteiger partial charge in [-0.2, -0.15) is 0 Å². The summed E-state index contributed by atoms with van der Waals surface area (Å²) >= 11 is 1.29. The SMILES string of the molecule is CCc1nc(SCC(=O)NC(COC)c2ccccn2)n[nH]1. The lowest BCUT2D eigenvalue weighted by Crippen LogP contribution is -2.33. The number of methoxy groups -OCH3 is 1. The number of hydrogen-bond acceptors (Lipinski definition) is 6. The van der Waals surface area contributed by atoms with Crippen molar-refractivity contribution >= 4 is 17.7 Å². The standard InChI is InChI=1S/C14H19N5O2S/c1-3-12-17-14(19-18-12)22-9-13(20)16-11(8-21-2)10-6-4-5-7-15-10/h4-7,11H,3,8-9H2,1-2H3,(H,16,20)(H,17,18,19). The van der Waals surface area contributed by atoms with Crippen LogP contribution in [0.2, 0.25) is 0 Å². The van der Waals surface area contributed by atoms with E-state index in [9.17, 15) is 4.79 Å². The number of carbonyl (C=O) groups is 1. The van der Waals surface area contributed by atoms with Crippen LogP contribution >= 0.6 is 11.8 Å². The van der Waals surface area contributed by atoms with Gasteiger partial charge in [-0.15, -0.1) is 5.10 Å². The van der Waals surface area contributed by atoms with Crippen LogP contribution in [-0.2, 0) is 16.0 Å². The number of rotatable bonds is 8. The highest BCUT2D eigenvalue weighted by molar-refractivity contribution is 7.99. The summed E-state index contributed by atoms with van der Waals surface area (Å²) in [5.41, 5.74) is 0.772. The summed E-state index contributed by atoms with van der Waals surface area (Å²) in [5.74, 6) is 0.947. The van der Waals surface area contributed by atoms with E-state index in [1.807, 2.05) is 25.1 Å². The first-order valence-corrected chi connectivity index (χ1v) is 7.94. The maximum Gasteiger partial charge on any atom is 0.231 e. The first kappa shape index (κ1) is 16.4. The van der Waals surface area contributed by atoms with Gasteiger partial charge in [-0.1, -0.05) is 24.8 Å². The van der Waals surface area contributed by atoms with Gasteiger partial charge in [0.25, 0.3) is 0 Å². The molecule has 22 heavy (non-hydrogen) atoms. The third kappa shape index (κ3) is 4.81. The molecule has 0 saturated carbocycles. The number of carbonyl (C=O) groups excluding carboxylic acids is 1. The largest absolute Gasteiger partial charge is 0.382 e. The summed E-state index contributed by atoms with van der Waals surface area (Å²) in [4.78, 5) is 20.6. The lowest BCUT2D eigenvalue weighted by molar-refractivity contribution is -0.119. The number of H-pyrrole nitrogens is 1. The highest BCUT2D eigenvalue weighted by Crippen LogP contribution is 2.14. The molecular weight excluding hydrogens is 302 g/mol. The van der Waals surface area contributed by atoms with E-state index in [1.54, 1.807) is 13.3 Å². The quantitative estimate of drug-likeness (QED) is 0.713. The van der Waals surface area contributed by atoms with Crippen LogP contribution in [0, 0.1) is 0 Å². The Morgan fingerprint density at radius 1 is 1.50 bits per heavy atom. The summed E-state index contributed by atoms with van der Waals surface area (Å²) < 4.78 is 5.15. The van der Waals surface area contributed by atoms with Gasteiger partial charge in [0.05, 0.1) is 24.1 Å². The van der Waals surface area contributed by atoms with Gasteiger partial charge >= 0.3 is 0 Å². The molecule has 2 aromatic heterocycles. The first-order chi connectivity index (χ1) is 10.7. The number of hydrogen-bond donors (Lipinski definition) is 2. The van der Waals surface area contributed by atoms with Crippen molar-refractivity contribution in [1.29, 1.82) is 0 Å². The molecule has 0 fully saturated rings. The zero-order chi connectivity index (χ0) is 15.8. The Balaban J connectivity index is 1.88. The summed E-state index contributed by atoms with van der Waals surface area (Å²) in [7, 11) is 1.59. The third-order valence-electron chi connectivity index (χ3n) is 2.89. The zero-order valence-corrected chi connectivity index (χ0v) is 13.4. The Hall–Kier alpha value is -1.93. The average Bonchev–Trinajstić information content (AvgIpc) is 3.01. The number of amides is 1. The van der Waals surface area contributed by atoms with Gasteiger partial charge in [-0.25, -0.2) is 4.98 Å². The Labute approximate surface area is 133 Å². The molecule has 0 aliphatic carbocycles. The molecule has 0 aliphatic heterocycles. The Morgan fingerprint density at radius 3 is 3.00 bits per heavy atom. The number of nitrogens with one attached hydrogen (secondary N) is 2. The van der Waals surface area contributed by atoms with Crippen molar-refractivity contribution < 1.29 is 9.53 Å². The lowest BCUT2D eigenvalue weighted by Gasteiger charge is -2.17. The summed E-state index contributed by atoms with van der Waals surface area (Å²) in [6.45, 7) is 2.36. The van der Waals surface area contributed by atoms with Crippen molar-refractivity contribution in [3.8, 4) is 0 Å². The Bertz CT molecular complexity index is 590. The summed E-state index contributed by atoms with van der Waals surface area (Å²) in [6.07, 6.45) is 2.48. The van der Waals surface area contributed by atoms with Crippen molar-refractivity contribution in [3.63, 3.8) is 0 Å². The summed E-state index contributed by atoms with van der Waals surface area (Å²) in [5, 5.41) is 10.4. The van der Waals surface area contributed by atoms with Gasteiger partial charge < -0.3 is 10.1 Å². The van der Waals surface area contributed by atoms with Crippen LogP contribution in [0.15, 0.2) is 29.6 Å². The molecule has 0 radical (unpaired) electrons. The van der Waals surface area contributed by atoms with Crippen LogP contribution in [0.25, 0.3) is 0 Å². The van der Waals surface area contributed by atoms with Gasteiger partial charge in [0.1, 0.15) is 5.82 Å². The van der Waals surface area contributed by atoms with Crippen molar-refractivity contribution in [3.05, 3.63) is 35.9 Å². The second-order valence-corrected chi connectivity index (χ2v) is 5.48. The zero-order valence-electron chi connectivity index (χ0n) is 12.6. The maximum atomic E-state index is 12.1. The van der Waals surface area contributed by atoms with Crippen LogP contribution in [0.4, 0.5) is 0 Å². The van der Waals surface area contributed by atoms with E-state index in [0.717, 1.165) is 17.9 Å². The second-order valence-electron chi connectivity index (χ2n) is 4.54. The molecule has 2 rings (SSSR count). The van der Waals surface area contributed by atoms with Crippen LogP contribution in [0.1, 0.15) is 24.5 Å². The van der Waals surface area contributed by atoms with Crippen molar-refractivity contribution in [2.75, 3.05) is 19.5 Å². The van der Waals surface area contributed by atoms with Crippen LogP contribution in [0.5, 0.6) is 0 Å². The highest BCUT2D eigenvalue weighted by atomic mass is 32.2. The predicted molar refractivity (Wildman–Crippen MR) is 83.5 cm³/mol. The molecule has 0 saturated heterocycles. The minimum atomic E-state index is -0.266. The molecule has 0 spiro atoms. The van der Waals surface area contributed by atoms with Crippen molar-refractivity contribution in [2.45, 2.75) is 24.5 Å². The fourth-order valence-corrected chi connectivity index (χ4v) is 2.44. The molecule has 1 amide bonds. The normalized spacial score (nSPS) is 12.1. The molecule has 0 aromatic carbocycles. The smallest absolute Gasteiger partial charge is 0.231 e. The highest BCUT2D eigenvalue weighted by Gasteiger charge is 2.16. The molecule has 0 bridgehead atoms. The molecular formula is C14H19N5O2S. The Morgan fingerprint density at radius 2 is 2.36 bits per heavy atom. The molecule has 0 aliphatic rings. The Kier molecular flexibility index (Phi) is 6.35. The maximum absolute atomic E-state index is 12.1. The van der Waals surface area contributed by atoms with E-state index >= 15 is 0 Å². The predicted octanol–water partition coefficient (Wildman–Crippen LogP) is 1.36. The molecule has 1 atom stereocenters. The monoisotopic (exact) mass is 321 g/mol. The van der Waals surface area contributed by atoms with E-state index in [1.165, 1.54) is 11.8 Å².